The topological polar surface area (TPSA) is 75.4 Å². The van der Waals surface area contributed by atoms with Gasteiger partial charge in [-0.25, -0.2) is 9.97 Å². The lowest BCUT2D eigenvalue weighted by atomic mass is 10.0. The quantitative estimate of drug-likeness (QED) is 0.860. The number of amides is 1. The van der Waals surface area contributed by atoms with Gasteiger partial charge in [0, 0.05) is 37.9 Å². The Morgan fingerprint density at radius 2 is 2.04 bits per heavy atom. The molecule has 0 aliphatic carbocycles. The number of aryl methyl sites for hydroxylation is 2. The normalized spacial score (nSPS) is 15.7. The standard InChI is InChI=1S/C16H21N5O2/c1-11-8-15(18-10-17-11)20(3)13-4-6-21(7-5-13)16(22)14-9-19-23-12(14)2/h8-10,13H,4-7H2,1-3H3. The summed E-state index contributed by atoms with van der Waals surface area (Å²) >= 11 is 0. The maximum absolute atomic E-state index is 12.5. The van der Waals surface area contributed by atoms with Crippen LogP contribution in [-0.2, 0) is 0 Å². The summed E-state index contributed by atoms with van der Waals surface area (Å²) in [6.07, 6.45) is 4.92. The van der Waals surface area contributed by atoms with Gasteiger partial charge >= 0.3 is 0 Å². The van der Waals surface area contributed by atoms with E-state index in [-0.39, 0.29) is 5.91 Å². The molecular formula is C16H21N5O2. The first-order valence-corrected chi connectivity index (χ1v) is 7.78. The van der Waals surface area contributed by atoms with Crippen molar-refractivity contribution in [2.75, 3.05) is 25.0 Å². The molecule has 1 aliphatic heterocycles. The van der Waals surface area contributed by atoms with Gasteiger partial charge in [0.1, 0.15) is 23.5 Å². The van der Waals surface area contributed by atoms with Crippen LogP contribution in [0.2, 0.25) is 0 Å². The zero-order valence-electron chi connectivity index (χ0n) is 13.7. The summed E-state index contributed by atoms with van der Waals surface area (Å²) in [7, 11) is 2.05. The van der Waals surface area contributed by atoms with Crippen molar-refractivity contribution in [1.29, 1.82) is 0 Å². The summed E-state index contributed by atoms with van der Waals surface area (Å²) < 4.78 is 4.98. The molecule has 7 heteroatoms. The average Bonchev–Trinajstić information content (AvgIpc) is 3.00. The first-order chi connectivity index (χ1) is 11.1. The zero-order chi connectivity index (χ0) is 16.4. The average molecular weight is 315 g/mol. The van der Waals surface area contributed by atoms with Crippen LogP contribution in [0, 0.1) is 13.8 Å². The van der Waals surface area contributed by atoms with Crippen molar-refractivity contribution in [3.63, 3.8) is 0 Å². The molecule has 0 atom stereocenters. The number of anilines is 1. The second kappa shape index (κ2) is 6.36. The summed E-state index contributed by atoms with van der Waals surface area (Å²) in [4.78, 5) is 25.0. The fraction of sp³-hybridized carbons (Fsp3) is 0.500. The summed E-state index contributed by atoms with van der Waals surface area (Å²) in [5, 5.41) is 3.68. The third kappa shape index (κ3) is 3.18. The predicted octanol–water partition coefficient (Wildman–Crippen LogP) is 1.82. The molecule has 23 heavy (non-hydrogen) atoms. The van der Waals surface area contributed by atoms with Crippen molar-refractivity contribution in [2.45, 2.75) is 32.7 Å². The Hall–Kier alpha value is -2.44. The molecule has 3 heterocycles. The van der Waals surface area contributed by atoms with Crippen LogP contribution >= 0.6 is 0 Å². The molecule has 1 saturated heterocycles. The summed E-state index contributed by atoms with van der Waals surface area (Å²) in [5.41, 5.74) is 1.51. The Morgan fingerprint density at radius 3 is 2.65 bits per heavy atom. The number of carbonyl (C=O) groups is 1. The monoisotopic (exact) mass is 315 g/mol. The third-order valence-corrected chi connectivity index (χ3v) is 4.43. The fourth-order valence-electron chi connectivity index (χ4n) is 2.95. The predicted molar refractivity (Wildman–Crippen MR) is 85.3 cm³/mol. The van der Waals surface area contributed by atoms with Gasteiger partial charge in [-0.1, -0.05) is 5.16 Å². The number of aromatic nitrogens is 3. The second-order valence-corrected chi connectivity index (χ2v) is 5.95. The molecule has 1 fully saturated rings. The van der Waals surface area contributed by atoms with Crippen LogP contribution in [0.15, 0.2) is 23.1 Å². The number of piperidine rings is 1. The molecule has 0 aromatic carbocycles. The number of carbonyl (C=O) groups excluding carboxylic acids is 1. The Kier molecular flexibility index (Phi) is 4.27. The van der Waals surface area contributed by atoms with Crippen LogP contribution in [0.5, 0.6) is 0 Å². The number of hydrogen-bond acceptors (Lipinski definition) is 6. The van der Waals surface area contributed by atoms with E-state index in [1.54, 1.807) is 13.3 Å². The van der Waals surface area contributed by atoms with Crippen LogP contribution < -0.4 is 4.90 Å². The lowest BCUT2D eigenvalue weighted by Crippen LogP contribution is -2.46. The first kappa shape index (κ1) is 15.5. The van der Waals surface area contributed by atoms with Crippen LogP contribution in [0.25, 0.3) is 0 Å². The van der Waals surface area contributed by atoms with Gasteiger partial charge < -0.3 is 14.3 Å². The summed E-state index contributed by atoms with van der Waals surface area (Å²) in [5.74, 6) is 1.51. The van der Waals surface area contributed by atoms with E-state index in [0.717, 1.165) is 37.4 Å². The Labute approximate surface area is 135 Å². The van der Waals surface area contributed by atoms with Gasteiger partial charge in [-0.05, 0) is 26.7 Å². The van der Waals surface area contributed by atoms with Gasteiger partial charge in [0.2, 0.25) is 0 Å². The van der Waals surface area contributed by atoms with Gasteiger partial charge in [0.15, 0.2) is 0 Å². The molecule has 0 bridgehead atoms. The van der Waals surface area contributed by atoms with E-state index in [9.17, 15) is 4.79 Å². The maximum atomic E-state index is 12.5. The van der Waals surface area contributed by atoms with Gasteiger partial charge in [-0.15, -0.1) is 0 Å². The van der Waals surface area contributed by atoms with Crippen LogP contribution in [0.3, 0.4) is 0 Å². The number of hydrogen-bond donors (Lipinski definition) is 0. The first-order valence-electron chi connectivity index (χ1n) is 7.78. The molecule has 0 N–H and O–H groups in total. The van der Waals surface area contributed by atoms with E-state index in [1.807, 2.05) is 24.9 Å². The van der Waals surface area contributed by atoms with E-state index in [4.69, 9.17) is 4.52 Å². The SMILES string of the molecule is Cc1cc(N(C)C2CCN(C(=O)c3cnoc3C)CC2)ncn1. The molecule has 122 valence electrons. The van der Waals surface area contributed by atoms with Crippen LogP contribution in [-0.4, -0.2) is 52.1 Å². The Morgan fingerprint density at radius 1 is 1.30 bits per heavy atom. The minimum absolute atomic E-state index is 0.00253. The largest absolute Gasteiger partial charge is 0.361 e. The molecule has 2 aromatic heterocycles. The van der Waals surface area contributed by atoms with E-state index >= 15 is 0 Å². The molecule has 0 saturated carbocycles. The molecule has 0 unspecified atom stereocenters. The fourth-order valence-corrected chi connectivity index (χ4v) is 2.95. The van der Waals surface area contributed by atoms with E-state index < -0.39 is 0 Å². The lowest BCUT2D eigenvalue weighted by Gasteiger charge is -2.37. The zero-order valence-corrected chi connectivity index (χ0v) is 13.7. The minimum atomic E-state index is 0.00253. The molecule has 2 aromatic rings. The highest BCUT2D eigenvalue weighted by molar-refractivity contribution is 5.94. The van der Waals surface area contributed by atoms with Gasteiger partial charge in [-0.3, -0.25) is 4.79 Å². The smallest absolute Gasteiger partial charge is 0.259 e. The van der Waals surface area contributed by atoms with Crippen LogP contribution in [0.1, 0.15) is 34.7 Å². The molecule has 0 radical (unpaired) electrons. The van der Waals surface area contributed by atoms with Gasteiger partial charge in [0.05, 0.1) is 6.20 Å². The highest BCUT2D eigenvalue weighted by Crippen LogP contribution is 2.22. The highest BCUT2D eigenvalue weighted by atomic mass is 16.5. The van der Waals surface area contributed by atoms with Crippen molar-refractivity contribution in [3.05, 3.63) is 35.6 Å². The summed E-state index contributed by atoms with van der Waals surface area (Å²) in [6.45, 7) is 5.17. The maximum Gasteiger partial charge on any atom is 0.259 e. The highest BCUT2D eigenvalue weighted by Gasteiger charge is 2.28. The lowest BCUT2D eigenvalue weighted by molar-refractivity contribution is 0.0711. The van der Waals surface area contributed by atoms with Crippen molar-refractivity contribution < 1.29 is 9.32 Å². The molecule has 0 spiro atoms. The van der Waals surface area contributed by atoms with Gasteiger partial charge in [-0.2, -0.15) is 0 Å². The molecule has 7 nitrogen and oxygen atoms in total. The minimum Gasteiger partial charge on any atom is -0.361 e. The van der Waals surface area contributed by atoms with E-state index in [0.29, 0.717) is 17.4 Å². The van der Waals surface area contributed by atoms with Crippen molar-refractivity contribution in [3.8, 4) is 0 Å². The van der Waals surface area contributed by atoms with Gasteiger partial charge in [0.25, 0.3) is 5.91 Å². The molecule has 1 amide bonds. The van der Waals surface area contributed by atoms with E-state index in [2.05, 4.69) is 20.0 Å². The van der Waals surface area contributed by atoms with Crippen LogP contribution in [0.4, 0.5) is 5.82 Å². The number of rotatable bonds is 3. The number of likely N-dealkylation sites (tertiary alicyclic amines) is 1. The summed E-state index contributed by atoms with van der Waals surface area (Å²) in [6, 6.07) is 2.36. The van der Waals surface area contributed by atoms with E-state index in [1.165, 1.54) is 6.20 Å². The molecule has 3 rings (SSSR count). The Bertz CT molecular complexity index is 691. The van der Waals surface area contributed by atoms with Crippen molar-refractivity contribution in [1.82, 2.24) is 20.0 Å². The molecular weight excluding hydrogens is 294 g/mol. The molecule has 1 aliphatic rings. The second-order valence-electron chi connectivity index (χ2n) is 5.95. The van der Waals surface area contributed by atoms with Crippen molar-refractivity contribution >= 4 is 11.7 Å². The number of nitrogens with zero attached hydrogens (tertiary/aromatic N) is 5. The van der Waals surface area contributed by atoms with Crippen molar-refractivity contribution in [2.24, 2.45) is 0 Å². The Balaban J connectivity index is 1.62. The third-order valence-electron chi connectivity index (χ3n) is 4.43.